The van der Waals surface area contributed by atoms with Crippen LogP contribution in [0.2, 0.25) is 0 Å². The highest BCUT2D eigenvalue weighted by atomic mass is 19.2. The molecule has 0 bridgehead atoms. The maximum atomic E-state index is 14.0. The van der Waals surface area contributed by atoms with E-state index >= 15 is 0 Å². The van der Waals surface area contributed by atoms with E-state index in [0.717, 1.165) is 12.8 Å². The molecule has 1 saturated heterocycles. The summed E-state index contributed by atoms with van der Waals surface area (Å²) in [6, 6.07) is 4.38. The number of halogens is 2. The molecular weight excluding hydrogens is 276 g/mol. The summed E-state index contributed by atoms with van der Waals surface area (Å²) >= 11 is 0. The zero-order valence-electron chi connectivity index (χ0n) is 11.8. The fourth-order valence-electron chi connectivity index (χ4n) is 2.54. The van der Waals surface area contributed by atoms with Gasteiger partial charge in [0.15, 0.2) is 11.6 Å². The van der Waals surface area contributed by atoms with Gasteiger partial charge in [-0.2, -0.15) is 5.26 Å². The second-order valence-electron chi connectivity index (χ2n) is 5.24. The standard InChI is InChI=1S/C15H17F2N3O/c1-10(21)19-9-11-4-6-20(7-5-11)13-3-2-12(8-18)14(16)15(13)17/h2-3,11H,4-7,9H2,1H3,(H,19,21). The van der Waals surface area contributed by atoms with Gasteiger partial charge in [0.1, 0.15) is 6.07 Å². The molecule has 1 fully saturated rings. The molecule has 2 rings (SSSR count). The van der Waals surface area contributed by atoms with Crippen molar-refractivity contribution >= 4 is 11.6 Å². The molecule has 112 valence electrons. The van der Waals surface area contributed by atoms with E-state index < -0.39 is 11.6 Å². The molecule has 0 spiro atoms. The largest absolute Gasteiger partial charge is 0.369 e. The molecule has 4 nitrogen and oxygen atoms in total. The molecule has 0 atom stereocenters. The van der Waals surface area contributed by atoms with Gasteiger partial charge in [-0.05, 0) is 30.9 Å². The van der Waals surface area contributed by atoms with Crippen molar-refractivity contribution in [1.82, 2.24) is 5.32 Å². The number of rotatable bonds is 3. The van der Waals surface area contributed by atoms with Gasteiger partial charge in [0.2, 0.25) is 5.91 Å². The van der Waals surface area contributed by atoms with E-state index in [4.69, 9.17) is 5.26 Å². The lowest BCUT2D eigenvalue weighted by Crippen LogP contribution is -2.38. The van der Waals surface area contributed by atoms with Crippen LogP contribution >= 0.6 is 0 Å². The van der Waals surface area contributed by atoms with Gasteiger partial charge < -0.3 is 10.2 Å². The van der Waals surface area contributed by atoms with Crippen molar-refractivity contribution in [2.45, 2.75) is 19.8 Å². The van der Waals surface area contributed by atoms with Crippen LogP contribution in [0.3, 0.4) is 0 Å². The summed E-state index contributed by atoms with van der Waals surface area (Å²) in [5, 5.41) is 11.5. The number of hydrogen-bond donors (Lipinski definition) is 1. The Morgan fingerprint density at radius 1 is 1.38 bits per heavy atom. The van der Waals surface area contributed by atoms with Crippen LogP contribution in [-0.4, -0.2) is 25.5 Å². The van der Waals surface area contributed by atoms with Gasteiger partial charge in [0.05, 0.1) is 11.3 Å². The maximum absolute atomic E-state index is 14.0. The number of hydrogen-bond acceptors (Lipinski definition) is 3. The van der Waals surface area contributed by atoms with Crippen LogP contribution in [0.5, 0.6) is 0 Å². The number of nitrogens with one attached hydrogen (secondary N) is 1. The van der Waals surface area contributed by atoms with Gasteiger partial charge in [-0.1, -0.05) is 0 Å². The molecule has 1 aliphatic heterocycles. The van der Waals surface area contributed by atoms with Gasteiger partial charge in [-0.3, -0.25) is 4.79 Å². The normalized spacial score (nSPS) is 15.6. The minimum Gasteiger partial charge on any atom is -0.369 e. The van der Waals surface area contributed by atoms with E-state index in [9.17, 15) is 13.6 Å². The Labute approximate surface area is 122 Å². The molecule has 1 amide bonds. The average molecular weight is 293 g/mol. The predicted molar refractivity (Wildman–Crippen MR) is 74.7 cm³/mol. The van der Waals surface area contributed by atoms with Crippen LogP contribution in [0.15, 0.2) is 12.1 Å². The molecule has 0 radical (unpaired) electrons. The van der Waals surface area contributed by atoms with Gasteiger partial charge in [0, 0.05) is 26.6 Å². The summed E-state index contributed by atoms with van der Waals surface area (Å²) in [5.41, 5.74) is -0.0822. The second-order valence-corrected chi connectivity index (χ2v) is 5.24. The summed E-state index contributed by atoms with van der Waals surface area (Å²) in [5.74, 6) is -1.75. The van der Waals surface area contributed by atoms with Crippen LogP contribution < -0.4 is 10.2 Å². The lowest BCUT2D eigenvalue weighted by molar-refractivity contribution is -0.119. The molecule has 1 aromatic rings. The zero-order valence-corrected chi connectivity index (χ0v) is 11.8. The second kappa shape index (κ2) is 6.53. The monoisotopic (exact) mass is 293 g/mol. The van der Waals surface area contributed by atoms with E-state index in [2.05, 4.69) is 5.32 Å². The number of nitrogens with zero attached hydrogens (tertiary/aromatic N) is 2. The third kappa shape index (κ3) is 3.48. The van der Waals surface area contributed by atoms with Gasteiger partial charge in [0.25, 0.3) is 0 Å². The molecular formula is C15H17F2N3O. The lowest BCUT2D eigenvalue weighted by atomic mass is 9.96. The highest BCUT2D eigenvalue weighted by molar-refractivity contribution is 5.72. The molecule has 0 saturated carbocycles. The summed E-state index contributed by atoms with van der Waals surface area (Å²) in [6.45, 7) is 3.30. The molecule has 0 aromatic heterocycles. The smallest absolute Gasteiger partial charge is 0.216 e. The number of piperidine rings is 1. The summed E-state index contributed by atoms with van der Waals surface area (Å²) in [4.78, 5) is 12.7. The predicted octanol–water partition coefficient (Wildman–Crippen LogP) is 2.19. The van der Waals surface area contributed by atoms with Gasteiger partial charge in [-0.15, -0.1) is 0 Å². The molecule has 6 heteroatoms. The number of anilines is 1. The van der Waals surface area contributed by atoms with Gasteiger partial charge >= 0.3 is 0 Å². The van der Waals surface area contributed by atoms with Crippen molar-refractivity contribution in [2.75, 3.05) is 24.5 Å². The zero-order chi connectivity index (χ0) is 15.4. The van der Waals surface area contributed by atoms with Crippen LogP contribution in [0.1, 0.15) is 25.3 Å². The molecule has 1 aliphatic rings. The van der Waals surface area contributed by atoms with E-state index in [0.29, 0.717) is 25.6 Å². The van der Waals surface area contributed by atoms with Crippen molar-refractivity contribution in [3.63, 3.8) is 0 Å². The summed E-state index contributed by atoms with van der Waals surface area (Å²) in [6.07, 6.45) is 1.61. The summed E-state index contributed by atoms with van der Waals surface area (Å²) in [7, 11) is 0. The number of carbonyl (C=O) groups is 1. The van der Waals surface area contributed by atoms with Crippen molar-refractivity contribution in [3.8, 4) is 6.07 Å². The van der Waals surface area contributed by atoms with Crippen molar-refractivity contribution in [3.05, 3.63) is 29.3 Å². The fraction of sp³-hybridized carbons (Fsp3) is 0.467. The first-order valence-electron chi connectivity index (χ1n) is 6.90. The van der Waals surface area contributed by atoms with Crippen molar-refractivity contribution in [1.29, 1.82) is 5.26 Å². The Kier molecular flexibility index (Phi) is 4.73. The number of benzene rings is 1. The highest BCUT2D eigenvalue weighted by Gasteiger charge is 2.23. The Bertz CT molecular complexity index is 575. The van der Waals surface area contributed by atoms with E-state index in [1.54, 1.807) is 11.0 Å². The van der Waals surface area contributed by atoms with E-state index in [1.807, 2.05) is 0 Å². The number of nitriles is 1. The number of amides is 1. The third-order valence-electron chi connectivity index (χ3n) is 3.78. The maximum Gasteiger partial charge on any atom is 0.216 e. The average Bonchev–Trinajstić information content (AvgIpc) is 2.48. The molecule has 0 aliphatic carbocycles. The molecule has 21 heavy (non-hydrogen) atoms. The fourth-order valence-corrected chi connectivity index (χ4v) is 2.54. The van der Waals surface area contributed by atoms with Crippen LogP contribution in [0.4, 0.5) is 14.5 Å². The molecule has 1 aromatic carbocycles. The number of carbonyl (C=O) groups excluding carboxylic acids is 1. The minimum absolute atomic E-state index is 0.0577. The lowest BCUT2D eigenvalue weighted by Gasteiger charge is -2.33. The molecule has 1 N–H and O–H groups in total. The Morgan fingerprint density at radius 3 is 2.62 bits per heavy atom. The van der Waals surface area contributed by atoms with Crippen LogP contribution in [-0.2, 0) is 4.79 Å². The minimum atomic E-state index is -1.09. The SMILES string of the molecule is CC(=O)NCC1CCN(c2ccc(C#N)c(F)c2F)CC1. The van der Waals surface area contributed by atoms with E-state index in [1.165, 1.54) is 19.1 Å². The van der Waals surface area contributed by atoms with Gasteiger partial charge in [-0.25, -0.2) is 8.78 Å². The summed E-state index contributed by atoms with van der Waals surface area (Å²) < 4.78 is 27.6. The quantitative estimate of drug-likeness (QED) is 0.929. The molecule has 0 unspecified atom stereocenters. The first-order chi connectivity index (χ1) is 10.0. The Morgan fingerprint density at radius 2 is 2.05 bits per heavy atom. The Hall–Kier alpha value is -2.16. The first-order valence-corrected chi connectivity index (χ1v) is 6.90. The highest BCUT2D eigenvalue weighted by Crippen LogP contribution is 2.28. The van der Waals surface area contributed by atoms with Crippen molar-refractivity contribution < 1.29 is 13.6 Å². The van der Waals surface area contributed by atoms with Crippen LogP contribution in [0, 0.1) is 28.9 Å². The first kappa shape index (κ1) is 15.2. The van der Waals surface area contributed by atoms with E-state index in [-0.39, 0.29) is 17.2 Å². The third-order valence-corrected chi connectivity index (χ3v) is 3.78. The topological polar surface area (TPSA) is 56.1 Å². The van der Waals surface area contributed by atoms with Crippen LogP contribution in [0.25, 0.3) is 0 Å². The Balaban J connectivity index is 2.01. The van der Waals surface area contributed by atoms with Crippen molar-refractivity contribution in [2.24, 2.45) is 5.92 Å². The molecule has 1 heterocycles.